The average molecular weight is 387 g/mol. The van der Waals surface area contributed by atoms with Crippen molar-refractivity contribution < 1.29 is 19.4 Å². The number of hydrogen-bond donors (Lipinski definition) is 1. The monoisotopic (exact) mass is 387 g/mol. The smallest absolute Gasteiger partial charge is 0.415 e. The average Bonchev–Trinajstić information content (AvgIpc) is 3.07. The van der Waals surface area contributed by atoms with Crippen LogP contribution < -0.4 is 4.90 Å². The number of anilines is 1. The Labute approximate surface area is 169 Å². The predicted molar refractivity (Wildman–Crippen MR) is 111 cm³/mol. The normalized spacial score (nSPS) is 13.3. The van der Waals surface area contributed by atoms with Crippen LogP contribution in [-0.2, 0) is 9.53 Å². The highest BCUT2D eigenvalue weighted by Gasteiger charge is 2.32. The molecule has 146 valence electrons. The van der Waals surface area contributed by atoms with Crippen LogP contribution in [0.2, 0.25) is 0 Å². The molecule has 1 unspecified atom stereocenters. The second-order valence-corrected chi connectivity index (χ2v) is 7.02. The van der Waals surface area contributed by atoms with Gasteiger partial charge in [-0.2, -0.15) is 0 Å². The first-order valence-electron chi connectivity index (χ1n) is 9.50. The number of nitrogens with zero attached hydrogens (tertiary/aromatic N) is 1. The lowest BCUT2D eigenvalue weighted by molar-refractivity contribution is -0.138. The van der Waals surface area contributed by atoms with Crippen LogP contribution in [-0.4, -0.2) is 29.8 Å². The van der Waals surface area contributed by atoms with E-state index in [1.807, 2.05) is 42.5 Å². The number of aliphatic carboxylic acids is 1. The lowest BCUT2D eigenvalue weighted by Gasteiger charge is -2.26. The number of para-hydroxylation sites is 1. The minimum absolute atomic E-state index is 0.0795. The minimum atomic E-state index is -1.10. The number of carboxylic acids is 1. The number of benzene rings is 3. The highest BCUT2D eigenvalue weighted by Crippen LogP contribution is 2.44. The summed E-state index contributed by atoms with van der Waals surface area (Å²) in [7, 11) is 0. The van der Waals surface area contributed by atoms with E-state index in [1.165, 1.54) is 11.8 Å². The first-order valence-corrected chi connectivity index (χ1v) is 9.50. The molecule has 0 fully saturated rings. The molecule has 4 rings (SSSR count). The van der Waals surface area contributed by atoms with Gasteiger partial charge in [0.25, 0.3) is 0 Å². The maximum Gasteiger partial charge on any atom is 0.415 e. The summed E-state index contributed by atoms with van der Waals surface area (Å²) in [6.45, 7) is 1.61. The molecule has 0 saturated heterocycles. The quantitative estimate of drug-likeness (QED) is 0.675. The lowest BCUT2D eigenvalue weighted by atomic mass is 9.98. The van der Waals surface area contributed by atoms with E-state index in [0.717, 1.165) is 22.3 Å². The van der Waals surface area contributed by atoms with E-state index < -0.39 is 18.1 Å². The fraction of sp³-hybridized carbons (Fsp3) is 0.167. The number of fused-ring (bicyclic) bond motifs is 3. The van der Waals surface area contributed by atoms with E-state index in [2.05, 4.69) is 12.1 Å². The standard InChI is InChI=1S/C24H21NO4/c1-16(23(26)27)25(17-9-3-2-4-10-17)24(28)29-15-22-20-13-7-5-11-18(20)19-12-6-8-14-21(19)22/h2-14,16,22H,15H2,1H3,(H,26,27). The van der Waals surface area contributed by atoms with Crippen molar-refractivity contribution in [3.63, 3.8) is 0 Å². The van der Waals surface area contributed by atoms with Crippen LogP contribution in [0, 0.1) is 0 Å². The van der Waals surface area contributed by atoms with Crippen LogP contribution in [0.25, 0.3) is 11.1 Å². The summed E-state index contributed by atoms with van der Waals surface area (Å²) in [4.78, 5) is 25.6. The molecule has 29 heavy (non-hydrogen) atoms. The van der Waals surface area contributed by atoms with Gasteiger partial charge in [0, 0.05) is 11.6 Å². The Morgan fingerprint density at radius 3 is 1.97 bits per heavy atom. The Morgan fingerprint density at radius 2 is 1.41 bits per heavy atom. The predicted octanol–water partition coefficient (Wildman–Crippen LogP) is 4.92. The molecule has 5 nitrogen and oxygen atoms in total. The van der Waals surface area contributed by atoms with Crippen molar-refractivity contribution in [3.8, 4) is 11.1 Å². The molecular weight excluding hydrogens is 366 g/mol. The second kappa shape index (κ2) is 7.80. The SMILES string of the molecule is CC(C(=O)O)N(C(=O)OCC1c2ccccc2-c2ccccc21)c1ccccc1. The second-order valence-electron chi connectivity index (χ2n) is 7.02. The van der Waals surface area contributed by atoms with Gasteiger partial charge in [0.15, 0.2) is 0 Å². The number of amides is 1. The van der Waals surface area contributed by atoms with Gasteiger partial charge in [0.05, 0.1) is 0 Å². The zero-order chi connectivity index (χ0) is 20.4. The van der Waals surface area contributed by atoms with Crippen LogP contribution in [0.5, 0.6) is 0 Å². The van der Waals surface area contributed by atoms with Gasteiger partial charge in [-0.1, -0.05) is 66.7 Å². The van der Waals surface area contributed by atoms with Crippen LogP contribution in [0.4, 0.5) is 10.5 Å². The third-order valence-electron chi connectivity index (χ3n) is 5.31. The number of carboxylic acid groups (broad SMARTS) is 1. The van der Waals surface area contributed by atoms with Gasteiger partial charge >= 0.3 is 12.1 Å². The summed E-state index contributed by atoms with van der Waals surface area (Å²) in [6.07, 6.45) is -0.673. The van der Waals surface area contributed by atoms with E-state index in [0.29, 0.717) is 5.69 Å². The number of ether oxygens (including phenoxy) is 1. The first-order chi connectivity index (χ1) is 14.1. The van der Waals surface area contributed by atoms with Crippen LogP contribution in [0.1, 0.15) is 24.0 Å². The van der Waals surface area contributed by atoms with E-state index in [1.54, 1.807) is 24.3 Å². The molecule has 0 bridgehead atoms. The Bertz CT molecular complexity index is 1000. The van der Waals surface area contributed by atoms with Crippen molar-refractivity contribution in [1.82, 2.24) is 0 Å². The molecule has 1 N–H and O–H groups in total. The molecule has 0 saturated carbocycles. The van der Waals surface area contributed by atoms with Crippen LogP contribution in [0.15, 0.2) is 78.9 Å². The maximum absolute atomic E-state index is 12.9. The molecule has 0 aromatic heterocycles. The molecule has 1 atom stereocenters. The zero-order valence-electron chi connectivity index (χ0n) is 16.0. The highest BCUT2D eigenvalue weighted by molar-refractivity contribution is 5.95. The summed E-state index contributed by atoms with van der Waals surface area (Å²) in [5.74, 6) is -1.17. The Hall–Kier alpha value is -3.60. The third-order valence-corrected chi connectivity index (χ3v) is 5.31. The van der Waals surface area contributed by atoms with Crippen molar-refractivity contribution >= 4 is 17.7 Å². The third kappa shape index (κ3) is 3.47. The van der Waals surface area contributed by atoms with Gasteiger partial charge in [-0.15, -0.1) is 0 Å². The summed E-state index contributed by atoms with van der Waals surface area (Å²) in [5.41, 5.74) is 4.99. The summed E-state index contributed by atoms with van der Waals surface area (Å²) >= 11 is 0. The van der Waals surface area contributed by atoms with E-state index in [-0.39, 0.29) is 12.5 Å². The van der Waals surface area contributed by atoms with Crippen LogP contribution >= 0.6 is 0 Å². The molecule has 5 heteroatoms. The zero-order valence-corrected chi connectivity index (χ0v) is 16.0. The van der Waals surface area contributed by atoms with Crippen molar-refractivity contribution in [2.45, 2.75) is 18.9 Å². The Morgan fingerprint density at radius 1 is 0.897 bits per heavy atom. The number of rotatable bonds is 5. The van der Waals surface area contributed by atoms with Gasteiger partial charge in [0.1, 0.15) is 12.6 Å². The molecule has 1 aliphatic carbocycles. The van der Waals surface area contributed by atoms with Crippen molar-refractivity contribution in [1.29, 1.82) is 0 Å². The maximum atomic E-state index is 12.9. The molecule has 0 aliphatic heterocycles. The largest absolute Gasteiger partial charge is 0.480 e. The number of hydrogen-bond acceptors (Lipinski definition) is 3. The molecule has 3 aromatic carbocycles. The van der Waals surface area contributed by atoms with Crippen molar-refractivity contribution in [2.75, 3.05) is 11.5 Å². The number of carbonyl (C=O) groups excluding carboxylic acids is 1. The molecule has 1 aliphatic rings. The summed E-state index contributed by atoms with van der Waals surface area (Å²) < 4.78 is 5.65. The Kier molecular flexibility index (Phi) is 5.04. The fourth-order valence-electron chi connectivity index (χ4n) is 3.85. The summed E-state index contributed by atoms with van der Waals surface area (Å²) in [5, 5.41) is 9.45. The fourth-order valence-corrected chi connectivity index (χ4v) is 3.85. The van der Waals surface area contributed by atoms with Gasteiger partial charge in [-0.3, -0.25) is 4.90 Å². The topological polar surface area (TPSA) is 66.8 Å². The van der Waals surface area contributed by atoms with E-state index in [4.69, 9.17) is 4.74 Å². The van der Waals surface area contributed by atoms with E-state index in [9.17, 15) is 14.7 Å². The minimum Gasteiger partial charge on any atom is -0.480 e. The molecule has 0 spiro atoms. The van der Waals surface area contributed by atoms with Gasteiger partial charge in [-0.25, -0.2) is 9.59 Å². The van der Waals surface area contributed by atoms with Gasteiger partial charge < -0.3 is 9.84 Å². The Balaban J connectivity index is 1.59. The van der Waals surface area contributed by atoms with Crippen molar-refractivity contribution in [2.24, 2.45) is 0 Å². The van der Waals surface area contributed by atoms with Crippen molar-refractivity contribution in [3.05, 3.63) is 90.0 Å². The number of carbonyl (C=O) groups is 2. The van der Waals surface area contributed by atoms with Gasteiger partial charge in [0.2, 0.25) is 0 Å². The molecular formula is C24H21NO4. The van der Waals surface area contributed by atoms with Crippen LogP contribution in [0.3, 0.4) is 0 Å². The first kappa shape index (κ1) is 18.7. The lowest BCUT2D eigenvalue weighted by Crippen LogP contribution is -2.44. The molecule has 0 radical (unpaired) electrons. The summed E-state index contributed by atoms with van der Waals surface area (Å²) in [6, 6.07) is 23.8. The van der Waals surface area contributed by atoms with Gasteiger partial charge in [-0.05, 0) is 41.3 Å². The molecule has 0 heterocycles. The molecule has 3 aromatic rings. The van der Waals surface area contributed by atoms with E-state index >= 15 is 0 Å². The highest BCUT2D eigenvalue weighted by atomic mass is 16.6. The molecule has 1 amide bonds.